The molecule has 90 valence electrons. The molecule has 2 rings (SSSR count). The van der Waals surface area contributed by atoms with Gasteiger partial charge in [-0.25, -0.2) is 0 Å². The lowest BCUT2D eigenvalue weighted by Gasteiger charge is -2.30. The molecule has 0 amide bonds. The van der Waals surface area contributed by atoms with Crippen molar-refractivity contribution >= 4 is 0 Å². The van der Waals surface area contributed by atoms with E-state index in [1.807, 2.05) is 4.68 Å². The molecule has 1 aromatic heterocycles. The summed E-state index contributed by atoms with van der Waals surface area (Å²) in [6, 6.07) is 0. The lowest BCUT2D eigenvalue weighted by atomic mass is 9.80. The fourth-order valence-corrected chi connectivity index (χ4v) is 2.20. The molecule has 0 aliphatic heterocycles. The average Bonchev–Trinajstić information content (AvgIpc) is 2.58. The Morgan fingerprint density at radius 2 is 2.38 bits per heavy atom. The first-order valence-corrected chi connectivity index (χ1v) is 6.05. The van der Waals surface area contributed by atoms with Crippen LogP contribution in [0.2, 0.25) is 0 Å². The van der Waals surface area contributed by atoms with Gasteiger partial charge in [-0.1, -0.05) is 13.3 Å². The summed E-state index contributed by atoms with van der Waals surface area (Å²) in [6.07, 6.45) is 5.75. The summed E-state index contributed by atoms with van der Waals surface area (Å²) in [5, 5.41) is 14.6. The lowest BCUT2D eigenvalue weighted by molar-refractivity contribution is 0.0526. The van der Waals surface area contributed by atoms with Crippen molar-refractivity contribution in [3.63, 3.8) is 0 Å². The molecule has 0 spiro atoms. The van der Waals surface area contributed by atoms with Crippen LogP contribution in [0.15, 0.2) is 6.20 Å². The minimum absolute atomic E-state index is 0.390. The number of aryl methyl sites for hydroxylation is 1. The number of rotatable bonds is 5. The summed E-state index contributed by atoms with van der Waals surface area (Å²) in [5.41, 5.74) is 0.856. The minimum atomic E-state index is -0.419. The highest BCUT2D eigenvalue weighted by Crippen LogP contribution is 2.40. The molecule has 1 aliphatic carbocycles. The molecule has 0 aromatic carbocycles. The quantitative estimate of drug-likeness (QED) is 0.833. The van der Waals surface area contributed by atoms with Crippen LogP contribution in [-0.2, 0) is 6.54 Å². The first-order chi connectivity index (χ1) is 7.77. The van der Waals surface area contributed by atoms with Crippen molar-refractivity contribution in [2.45, 2.75) is 45.3 Å². The van der Waals surface area contributed by atoms with Gasteiger partial charge in [0.1, 0.15) is 11.8 Å². The van der Waals surface area contributed by atoms with Crippen molar-refractivity contribution in [3.8, 4) is 5.75 Å². The van der Waals surface area contributed by atoms with E-state index in [9.17, 15) is 5.11 Å². The minimum Gasteiger partial charge on any atom is -0.493 e. The standard InChI is InChI=1S/C12H20N2O2/c1-3-7-14-11(10(16-2)8-13-14)12(15)9-5-4-6-9/h8-9,12,15H,3-7H2,1-2H3. The molecule has 4 heteroatoms. The molecule has 1 unspecified atom stereocenters. The molecule has 1 fully saturated rings. The summed E-state index contributed by atoms with van der Waals surface area (Å²) in [4.78, 5) is 0. The zero-order valence-electron chi connectivity index (χ0n) is 10.0. The first-order valence-electron chi connectivity index (χ1n) is 6.05. The van der Waals surface area contributed by atoms with E-state index in [1.165, 1.54) is 6.42 Å². The Balaban J connectivity index is 2.23. The Labute approximate surface area is 96.2 Å². The molecule has 1 saturated carbocycles. The fraction of sp³-hybridized carbons (Fsp3) is 0.750. The summed E-state index contributed by atoms with van der Waals surface area (Å²) in [5.74, 6) is 1.11. The molecule has 16 heavy (non-hydrogen) atoms. The van der Waals surface area contributed by atoms with Crippen molar-refractivity contribution in [3.05, 3.63) is 11.9 Å². The fourth-order valence-electron chi connectivity index (χ4n) is 2.20. The van der Waals surface area contributed by atoms with E-state index in [0.717, 1.165) is 31.5 Å². The van der Waals surface area contributed by atoms with Gasteiger partial charge in [0.2, 0.25) is 0 Å². The molecule has 1 N–H and O–H groups in total. The largest absolute Gasteiger partial charge is 0.493 e. The maximum Gasteiger partial charge on any atom is 0.162 e. The van der Waals surface area contributed by atoms with Crippen molar-refractivity contribution in [1.29, 1.82) is 0 Å². The number of aliphatic hydroxyl groups excluding tert-OH is 1. The van der Waals surface area contributed by atoms with E-state index in [4.69, 9.17) is 4.74 Å². The van der Waals surface area contributed by atoms with Gasteiger partial charge in [-0.2, -0.15) is 5.10 Å². The third-order valence-electron chi connectivity index (χ3n) is 3.38. The average molecular weight is 224 g/mol. The Hall–Kier alpha value is -1.03. The third kappa shape index (κ3) is 1.94. The molecule has 1 aliphatic rings. The normalized spacial score (nSPS) is 18.2. The molecule has 1 atom stereocenters. The first kappa shape index (κ1) is 11.5. The molecular formula is C12H20N2O2. The Kier molecular flexibility index (Phi) is 3.49. The van der Waals surface area contributed by atoms with Gasteiger partial charge in [-0.3, -0.25) is 4.68 Å². The van der Waals surface area contributed by atoms with E-state index >= 15 is 0 Å². The van der Waals surface area contributed by atoms with Crippen LogP contribution in [0.5, 0.6) is 5.75 Å². The van der Waals surface area contributed by atoms with E-state index in [1.54, 1.807) is 13.3 Å². The van der Waals surface area contributed by atoms with E-state index < -0.39 is 6.10 Å². The van der Waals surface area contributed by atoms with E-state index in [0.29, 0.717) is 11.7 Å². The summed E-state index contributed by atoms with van der Waals surface area (Å²) < 4.78 is 7.15. The van der Waals surface area contributed by atoms with Gasteiger partial charge in [0.15, 0.2) is 5.75 Å². The molecule has 1 aromatic rings. The van der Waals surface area contributed by atoms with Crippen LogP contribution in [0.25, 0.3) is 0 Å². The molecule has 1 heterocycles. The second kappa shape index (κ2) is 4.87. The Morgan fingerprint density at radius 1 is 1.62 bits per heavy atom. The Bertz CT molecular complexity index is 345. The van der Waals surface area contributed by atoms with Crippen LogP contribution in [0, 0.1) is 5.92 Å². The second-order valence-electron chi connectivity index (χ2n) is 4.46. The van der Waals surface area contributed by atoms with Crippen LogP contribution < -0.4 is 4.74 Å². The van der Waals surface area contributed by atoms with E-state index in [-0.39, 0.29) is 0 Å². The number of hydrogen-bond donors (Lipinski definition) is 1. The van der Waals surface area contributed by atoms with Crippen LogP contribution in [-0.4, -0.2) is 22.0 Å². The number of nitrogens with zero attached hydrogens (tertiary/aromatic N) is 2. The van der Waals surface area contributed by atoms with Crippen LogP contribution in [0.4, 0.5) is 0 Å². The monoisotopic (exact) mass is 224 g/mol. The maximum atomic E-state index is 10.3. The molecule has 0 bridgehead atoms. The van der Waals surface area contributed by atoms with Gasteiger partial charge < -0.3 is 9.84 Å². The predicted molar refractivity (Wildman–Crippen MR) is 61.4 cm³/mol. The molecule has 0 saturated heterocycles. The topological polar surface area (TPSA) is 47.3 Å². The van der Waals surface area contributed by atoms with Gasteiger partial charge in [-0.05, 0) is 25.2 Å². The molecule has 0 radical (unpaired) electrons. The zero-order chi connectivity index (χ0) is 11.5. The molecular weight excluding hydrogens is 204 g/mol. The third-order valence-corrected chi connectivity index (χ3v) is 3.38. The van der Waals surface area contributed by atoms with Gasteiger partial charge in [0.05, 0.1) is 13.3 Å². The van der Waals surface area contributed by atoms with Gasteiger partial charge in [0.25, 0.3) is 0 Å². The zero-order valence-corrected chi connectivity index (χ0v) is 10.0. The van der Waals surface area contributed by atoms with E-state index in [2.05, 4.69) is 12.0 Å². The number of ether oxygens (including phenoxy) is 1. The number of aromatic nitrogens is 2. The lowest BCUT2D eigenvalue weighted by Crippen LogP contribution is -2.23. The highest BCUT2D eigenvalue weighted by molar-refractivity contribution is 5.28. The maximum absolute atomic E-state index is 10.3. The van der Waals surface area contributed by atoms with Gasteiger partial charge in [-0.15, -0.1) is 0 Å². The van der Waals surface area contributed by atoms with Gasteiger partial charge in [0, 0.05) is 6.54 Å². The molecule has 4 nitrogen and oxygen atoms in total. The van der Waals surface area contributed by atoms with Crippen molar-refractivity contribution in [2.75, 3.05) is 7.11 Å². The highest BCUT2D eigenvalue weighted by atomic mass is 16.5. The highest BCUT2D eigenvalue weighted by Gasteiger charge is 2.31. The second-order valence-corrected chi connectivity index (χ2v) is 4.46. The number of hydrogen-bond acceptors (Lipinski definition) is 3. The summed E-state index contributed by atoms with van der Waals surface area (Å²) >= 11 is 0. The number of methoxy groups -OCH3 is 1. The smallest absolute Gasteiger partial charge is 0.162 e. The van der Waals surface area contributed by atoms with Crippen molar-refractivity contribution in [2.24, 2.45) is 5.92 Å². The number of aliphatic hydroxyl groups is 1. The van der Waals surface area contributed by atoms with Crippen LogP contribution >= 0.6 is 0 Å². The SMILES string of the molecule is CCCn1ncc(OC)c1C(O)C1CCC1. The van der Waals surface area contributed by atoms with Crippen molar-refractivity contribution < 1.29 is 9.84 Å². The Morgan fingerprint density at radius 3 is 2.88 bits per heavy atom. The predicted octanol–water partition coefficient (Wildman–Crippen LogP) is 2.14. The van der Waals surface area contributed by atoms with Gasteiger partial charge >= 0.3 is 0 Å². The summed E-state index contributed by atoms with van der Waals surface area (Å²) in [6.45, 7) is 2.94. The van der Waals surface area contributed by atoms with Crippen LogP contribution in [0.3, 0.4) is 0 Å². The summed E-state index contributed by atoms with van der Waals surface area (Å²) in [7, 11) is 1.63. The van der Waals surface area contributed by atoms with Crippen LogP contribution in [0.1, 0.15) is 44.4 Å². The van der Waals surface area contributed by atoms with Crippen molar-refractivity contribution in [1.82, 2.24) is 9.78 Å².